The molecule has 2 N–H and O–H groups in total. The maximum atomic E-state index is 10.8. The van der Waals surface area contributed by atoms with Crippen LogP contribution in [0, 0.1) is 0 Å². The maximum Gasteiger partial charge on any atom is 0.316 e. The molecule has 0 unspecified atom stereocenters. The first-order chi connectivity index (χ1) is 8.25. The van der Waals surface area contributed by atoms with E-state index in [1.54, 1.807) is 0 Å². The van der Waals surface area contributed by atoms with Crippen molar-refractivity contribution in [2.24, 2.45) is 4.99 Å². The van der Waals surface area contributed by atoms with E-state index in [1.807, 2.05) is 30.3 Å². The van der Waals surface area contributed by atoms with Crippen LogP contribution >= 0.6 is 0 Å². The Balaban J connectivity index is 1.75. The number of nitrogens with zero attached hydrogens (tertiary/aromatic N) is 1. The molecule has 1 saturated heterocycles. The topological polar surface area (TPSA) is 79.8 Å². The van der Waals surface area contributed by atoms with Gasteiger partial charge in [-0.1, -0.05) is 18.2 Å². The molecular weight excluding hydrogens is 222 g/mol. The number of nitrogens with one attached hydrogen (secondary N) is 2. The van der Waals surface area contributed by atoms with Crippen LogP contribution in [0.3, 0.4) is 0 Å². The van der Waals surface area contributed by atoms with Crippen LogP contribution in [-0.4, -0.2) is 30.9 Å². The fourth-order valence-corrected chi connectivity index (χ4v) is 1.28. The van der Waals surface area contributed by atoms with Gasteiger partial charge in [0.1, 0.15) is 12.4 Å². The average Bonchev–Trinajstić information content (AvgIpc) is 2.66. The fourth-order valence-electron chi connectivity index (χ4n) is 1.28. The van der Waals surface area contributed by atoms with E-state index in [1.165, 1.54) is 0 Å². The summed E-state index contributed by atoms with van der Waals surface area (Å²) in [6.07, 6.45) is 0. The second-order valence-corrected chi connectivity index (χ2v) is 3.30. The Bertz CT molecular complexity index is 438. The second-order valence-electron chi connectivity index (χ2n) is 3.30. The van der Waals surface area contributed by atoms with E-state index in [0.29, 0.717) is 13.2 Å². The van der Waals surface area contributed by atoms with Crippen molar-refractivity contribution in [1.29, 1.82) is 0 Å². The number of amides is 2. The summed E-state index contributed by atoms with van der Waals surface area (Å²) in [4.78, 5) is 25.6. The van der Waals surface area contributed by atoms with Crippen LogP contribution < -0.4 is 15.4 Å². The third-order valence-corrected chi connectivity index (χ3v) is 2.04. The molecule has 1 aromatic carbocycles. The number of hydrogen-bond donors (Lipinski definition) is 2. The molecule has 0 bridgehead atoms. The molecule has 1 aromatic rings. The largest absolute Gasteiger partial charge is 0.492 e. The highest BCUT2D eigenvalue weighted by molar-refractivity contribution is 6.45. The van der Waals surface area contributed by atoms with Crippen LogP contribution in [0.5, 0.6) is 5.75 Å². The van der Waals surface area contributed by atoms with Crippen LogP contribution in [0.4, 0.5) is 0 Å². The van der Waals surface area contributed by atoms with Crippen molar-refractivity contribution < 1.29 is 14.3 Å². The van der Waals surface area contributed by atoms with Gasteiger partial charge in [-0.25, -0.2) is 4.99 Å². The van der Waals surface area contributed by atoms with Gasteiger partial charge in [0.05, 0.1) is 6.54 Å². The van der Waals surface area contributed by atoms with Gasteiger partial charge in [-0.2, -0.15) is 0 Å². The maximum absolute atomic E-state index is 10.8. The second kappa shape index (κ2) is 5.11. The van der Waals surface area contributed by atoms with Crippen LogP contribution in [-0.2, 0) is 9.59 Å². The Morgan fingerprint density at radius 2 is 1.71 bits per heavy atom. The Morgan fingerprint density at radius 3 is 2.35 bits per heavy atom. The van der Waals surface area contributed by atoms with Crippen molar-refractivity contribution in [3.05, 3.63) is 30.3 Å². The summed E-state index contributed by atoms with van der Waals surface area (Å²) in [5.74, 6) is -0.440. The van der Waals surface area contributed by atoms with Crippen LogP contribution in [0.2, 0.25) is 0 Å². The third-order valence-electron chi connectivity index (χ3n) is 2.04. The number of guanidine groups is 1. The van der Waals surface area contributed by atoms with E-state index in [2.05, 4.69) is 15.6 Å². The molecule has 0 aromatic heterocycles. The van der Waals surface area contributed by atoms with Crippen molar-refractivity contribution in [1.82, 2.24) is 10.6 Å². The summed E-state index contributed by atoms with van der Waals surface area (Å²) >= 11 is 0. The van der Waals surface area contributed by atoms with Gasteiger partial charge in [-0.05, 0) is 12.1 Å². The first kappa shape index (κ1) is 11.1. The summed E-state index contributed by atoms with van der Waals surface area (Å²) < 4.78 is 5.39. The molecule has 1 heterocycles. The summed E-state index contributed by atoms with van der Waals surface area (Å²) in [6.45, 7) is 0.726. The van der Waals surface area contributed by atoms with Crippen molar-refractivity contribution in [3.8, 4) is 5.75 Å². The molecule has 0 spiro atoms. The molecule has 1 aliphatic rings. The highest BCUT2D eigenvalue weighted by atomic mass is 16.5. The Labute approximate surface area is 97.7 Å². The molecule has 0 radical (unpaired) electrons. The first-order valence-corrected chi connectivity index (χ1v) is 5.10. The van der Waals surface area contributed by atoms with Crippen molar-refractivity contribution in [2.75, 3.05) is 13.2 Å². The first-order valence-electron chi connectivity index (χ1n) is 5.10. The van der Waals surface area contributed by atoms with E-state index in [0.717, 1.165) is 5.75 Å². The zero-order chi connectivity index (χ0) is 12.1. The quantitative estimate of drug-likeness (QED) is 0.552. The molecule has 0 aliphatic carbocycles. The minimum absolute atomic E-state index is 0.177. The highest BCUT2D eigenvalue weighted by Crippen LogP contribution is 2.07. The van der Waals surface area contributed by atoms with E-state index in [-0.39, 0.29) is 5.96 Å². The van der Waals surface area contributed by atoms with E-state index >= 15 is 0 Å². The average molecular weight is 233 g/mol. The lowest BCUT2D eigenvalue weighted by Crippen LogP contribution is -2.26. The SMILES string of the molecule is O=C1NC(=NCCOc2ccccc2)NC1=O. The molecule has 6 heteroatoms. The summed E-state index contributed by atoms with van der Waals surface area (Å²) in [5.41, 5.74) is 0. The number of hydrogen-bond acceptors (Lipinski definition) is 4. The predicted octanol–water partition coefficient (Wildman–Crippen LogP) is -0.333. The predicted molar refractivity (Wildman–Crippen MR) is 60.5 cm³/mol. The summed E-state index contributed by atoms with van der Waals surface area (Å²) in [5, 5.41) is 4.59. The highest BCUT2D eigenvalue weighted by Gasteiger charge is 2.24. The number of aliphatic imine (C=N–C) groups is 1. The van der Waals surface area contributed by atoms with Gasteiger partial charge in [0, 0.05) is 0 Å². The monoisotopic (exact) mass is 233 g/mol. The third kappa shape index (κ3) is 3.04. The molecule has 2 rings (SSSR count). The molecule has 2 amide bonds. The molecule has 0 saturated carbocycles. The Hall–Kier alpha value is -2.37. The summed E-state index contributed by atoms with van der Waals surface area (Å²) in [6, 6.07) is 9.33. The van der Waals surface area contributed by atoms with Gasteiger partial charge in [-0.15, -0.1) is 0 Å². The molecule has 88 valence electrons. The van der Waals surface area contributed by atoms with Crippen LogP contribution in [0.25, 0.3) is 0 Å². The molecular formula is C11H11N3O3. The molecule has 1 fully saturated rings. The van der Waals surface area contributed by atoms with Crippen molar-refractivity contribution in [2.45, 2.75) is 0 Å². The van der Waals surface area contributed by atoms with Gasteiger partial charge in [0.15, 0.2) is 0 Å². The molecule has 17 heavy (non-hydrogen) atoms. The van der Waals surface area contributed by atoms with Crippen LogP contribution in [0.1, 0.15) is 0 Å². The zero-order valence-corrected chi connectivity index (χ0v) is 8.97. The van der Waals surface area contributed by atoms with Gasteiger partial charge < -0.3 is 4.74 Å². The minimum atomic E-state index is -0.687. The number of ether oxygens (including phenoxy) is 1. The number of benzene rings is 1. The number of carbonyl (C=O) groups is 2. The fraction of sp³-hybridized carbons (Fsp3) is 0.182. The summed E-state index contributed by atoms with van der Waals surface area (Å²) in [7, 11) is 0. The molecule has 1 aliphatic heterocycles. The lowest BCUT2D eigenvalue weighted by Gasteiger charge is -2.03. The zero-order valence-electron chi connectivity index (χ0n) is 8.97. The minimum Gasteiger partial charge on any atom is -0.492 e. The van der Waals surface area contributed by atoms with E-state index in [4.69, 9.17) is 4.74 Å². The van der Waals surface area contributed by atoms with Crippen LogP contribution in [0.15, 0.2) is 35.3 Å². The molecule has 0 atom stereocenters. The smallest absolute Gasteiger partial charge is 0.316 e. The van der Waals surface area contributed by atoms with Gasteiger partial charge in [-0.3, -0.25) is 20.2 Å². The van der Waals surface area contributed by atoms with Crippen molar-refractivity contribution in [3.63, 3.8) is 0 Å². The number of carbonyl (C=O) groups excluding carboxylic acids is 2. The standard InChI is InChI=1S/C11H11N3O3/c15-9-10(16)14-11(13-9)12-6-7-17-8-4-2-1-3-5-8/h1-5H,6-7H2,(H2,12,13,14,15,16). The Morgan fingerprint density at radius 1 is 1.06 bits per heavy atom. The molecule has 6 nitrogen and oxygen atoms in total. The lowest BCUT2D eigenvalue weighted by molar-refractivity contribution is -0.135. The normalized spacial score (nSPS) is 14.2. The Kier molecular flexibility index (Phi) is 3.34. The van der Waals surface area contributed by atoms with E-state index in [9.17, 15) is 9.59 Å². The van der Waals surface area contributed by atoms with E-state index < -0.39 is 11.8 Å². The number of rotatable bonds is 4. The lowest BCUT2D eigenvalue weighted by atomic mass is 10.3. The van der Waals surface area contributed by atoms with Gasteiger partial charge in [0.2, 0.25) is 5.96 Å². The van der Waals surface area contributed by atoms with Gasteiger partial charge in [0.25, 0.3) is 0 Å². The number of para-hydroxylation sites is 1. The van der Waals surface area contributed by atoms with Crippen molar-refractivity contribution >= 4 is 17.8 Å². The van der Waals surface area contributed by atoms with Gasteiger partial charge >= 0.3 is 11.8 Å².